The summed E-state index contributed by atoms with van der Waals surface area (Å²) in [5, 5.41) is 6.60. The Hall–Kier alpha value is -0.570. The smallest absolute Gasteiger partial charge is 0.223 e. The van der Waals surface area contributed by atoms with E-state index in [0.717, 1.165) is 25.9 Å². The zero-order valence-electron chi connectivity index (χ0n) is 10.8. The molecule has 1 aliphatic carbocycles. The molecule has 0 atom stereocenters. The second-order valence-electron chi connectivity index (χ2n) is 5.57. The van der Waals surface area contributed by atoms with Crippen molar-refractivity contribution in [3.8, 4) is 0 Å². The number of amides is 1. The van der Waals surface area contributed by atoms with E-state index >= 15 is 0 Å². The molecule has 0 aromatic heterocycles. The van der Waals surface area contributed by atoms with E-state index in [9.17, 15) is 4.79 Å². The van der Waals surface area contributed by atoms with Crippen LogP contribution in [0.5, 0.6) is 0 Å². The number of rotatable bonds is 2. The van der Waals surface area contributed by atoms with Crippen molar-refractivity contribution in [2.45, 2.75) is 63.8 Å². The molecule has 0 unspecified atom stereocenters. The lowest BCUT2D eigenvalue weighted by Gasteiger charge is -2.26. The van der Waals surface area contributed by atoms with Crippen molar-refractivity contribution < 1.29 is 4.79 Å². The van der Waals surface area contributed by atoms with Gasteiger partial charge in [-0.1, -0.05) is 32.1 Å². The first-order valence-electron chi connectivity index (χ1n) is 7.37. The molecule has 0 aromatic carbocycles. The predicted molar refractivity (Wildman–Crippen MR) is 69.8 cm³/mol. The van der Waals surface area contributed by atoms with Gasteiger partial charge in [0.05, 0.1) is 0 Å². The van der Waals surface area contributed by atoms with E-state index in [1.165, 1.54) is 44.9 Å². The van der Waals surface area contributed by atoms with Crippen LogP contribution >= 0.6 is 0 Å². The van der Waals surface area contributed by atoms with E-state index in [4.69, 9.17) is 0 Å². The molecule has 1 saturated heterocycles. The first kappa shape index (κ1) is 12.9. The standard InChI is InChI=1S/C14H26N2O/c17-14(12-8-10-15-11-9-12)16-13-6-4-2-1-3-5-7-13/h12-13,15H,1-11H2,(H,16,17). The molecule has 0 aromatic rings. The molecule has 98 valence electrons. The van der Waals surface area contributed by atoms with Gasteiger partial charge in [-0.25, -0.2) is 0 Å². The van der Waals surface area contributed by atoms with Crippen LogP contribution < -0.4 is 10.6 Å². The molecular formula is C14H26N2O. The molecule has 0 radical (unpaired) electrons. The number of hydrogen-bond donors (Lipinski definition) is 2. The number of carbonyl (C=O) groups is 1. The molecule has 1 saturated carbocycles. The zero-order chi connectivity index (χ0) is 11.9. The molecule has 3 heteroatoms. The fourth-order valence-electron chi connectivity index (χ4n) is 3.00. The summed E-state index contributed by atoms with van der Waals surface area (Å²) in [6.45, 7) is 2.01. The van der Waals surface area contributed by atoms with Gasteiger partial charge in [-0.3, -0.25) is 4.79 Å². The average molecular weight is 238 g/mol. The normalized spacial score (nSPS) is 24.9. The first-order valence-corrected chi connectivity index (χ1v) is 7.37. The van der Waals surface area contributed by atoms with Crippen molar-refractivity contribution in [2.75, 3.05) is 13.1 Å². The minimum atomic E-state index is 0.265. The predicted octanol–water partition coefficient (Wildman–Crippen LogP) is 2.22. The van der Waals surface area contributed by atoms with Crippen molar-refractivity contribution in [3.63, 3.8) is 0 Å². The van der Waals surface area contributed by atoms with Crippen molar-refractivity contribution in [1.29, 1.82) is 0 Å². The van der Waals surface area contributed by atoms with Crippen molar-refractivity contribution in [1.82, 2.24) is 10.6 Å². The molecule has 2 rings (SSSR count). The second kappa shape index (κ2) is 7.00. The summed E-state index contributed by atoms with van der Waals surface area (Å²) in [5.41, 5.74) is 0. The van der Waals surface area contributed by atoms with Crippen molar-refractivity contribution in [2.24, 2.45) is 5.92 Å². The van der Waals surface area contributed by atoms with Crippen LogP contribution in [-0.4, -0.2) is 25.0 Å². The average Bonchev–Trinajstić information content (AvgIpc) is 2.33. The SMILES string of the molecule is O=C(NC1CCCCCCC1)C1CCNCC1. The monoisotopic (exact) mass is 238 g/mol. The third-order valence-corrected chi connectivity index (χ3v) is 4.16. The minimum absolute atomic E-state index is 0.265. The van der Waals surface area contributed by atoms with Gasteiger partial charge in [0.15, 0.2) is 0 Å². The summed E-state index contributed by atoms with van der Waals surface area (Å²) < 4.78 is 0. The van der Waals surface area contributed by atoms with Crippen LogP contribution in [0.2, 0.25) is 0 Å². The van der Waals surface area contributed by atoms with Crippen LogP contribution in [0.1, 0.15) is 57.8 Å². The van der Waals surface area contributed by atoms with Crippen LogP contribution in [0.15, 0.2) is 0 Å². The van der Waals surface area contributed by atoms with Gasteiger partial charge in [-0.15, -0.1) is 0 Å². The Labute approximate surface area is 105 Å². The Balaban J connectivity index is 1.75. The Kier molecular flexibility index (Phi) is 5.30. The fourth-order valence-corrected chi connectivity index (χ4v) is 3.00. The second-order valence-corrected chi connectivity index (χ2v) is 5.57. The molecule has 1 heterocycles. The molecule has 0 spiro atoms. The van der Waals surface area contributed by atoms with E-state index in [1.807, 2.05) is 0 Å². The lowest BCUT2D eigenvalue weighted by molar-refractivity contribution is -0.126. The topological polar surface area (TPSA) is 41.1 Å². The van der Waals surface area contributed by atoms with E-state index < -0.39 is 0 Å². The largest absolute Gasteiger partial charge is 0.353 e. The highest BCUT2D eigenvalue weighted by Crippen LogP contribution is 2.18. The van der Waals surface area contributed by atoms with Crippen LogP contribution in [0.3, 0.4) is 0 Å². The van der Waals surface area contributed by atoms with Gasteiger partial charge in [-0.2, -0.15) is 0 Å². The quantitative estimate of drug-likeness (QED) is 0.774. The van der Waals surface area contributed by atoms with Gasteiger partial charge in [-0.05, 0) is 38.8 Å². The maximum atomic E-state index is 12.1. The van der Waals surface area contributed by atoms with Gasteiger partial charge in [0.25, 0.3) is 0 Å². The zero-order valence-corrected chi connectivity index (χ0v) is 10.8. The number of hydrogen-bond acceptors (Lipinski definition) is 2. The molecule has 1 aliphatic heterocycles. The number of carbonyl (C=O) groups excluding carboxylic acids is 1. The van der Waals surface area contributed by atoms with Gasteiger partial charge < -0.3 is 10.6 Å². The lowest BCUT2D eigenvalue weighted by atomic mass is 9.94. The highest BCUT2D eigenvalue weighted by atomic mass is 16.1. The summed E-state index contributed by atoms with van der Waals surface area (Å²) in [6, 6.07) is 0.456. The first-order chi connectivity index (χ1) is 8.36. The summed E-state index contributed by atoms with van der Waals surface area (Å²) in [5.74, 6) is 0.582. The minimum Gasteiger partial charge on any atom is -0.353 e. The van der Waals surface area contributed by atoms with E-state index in [-0.39, 0.29) is 5.92 Å². The Bertz CT molecular complexity index is 228. The maximum Gasteiger partial charge on any atom is 0.223 e. The summed E-state index contributed by atoms with van der Waals surface area (Å²) >= 11 is 0. The number of piperidine rings is 1. The van der Waals surface area contributed by atoms with E-state index in [1.54, 1.807) is 0 Å². The molecule has 17 heavy (non-hydrogen) atoms. The van der Waals surface area contributed by atoms with Crippen LogP contribution in [-0.2, 0) is 4.79 Å². The number of nitrogens with one attached hydrogen (secondary N) is 2. The summed E-state index contributed by atoms with van der Waals surface area (Å²) in [7, 11) is 0. The van der Waals surface area contributed by atoms with E-state index in [2.05, 4.69) is 10.6 Å². The van der Waals surface area contributed by atoms with Gasteiger partial charge in [0.2, 0.25) is 5.91 Å². The highest BCUT2D eigenvalue weighted by Gasteiger charge is 2.23. The molecule has 2 fully saturated rings. The third-order valence-electron chi connectivity index (χ3n) is 4.16. The van der Waals surface area contributed by atoms with Crippen LogP contribution in [0.4, 0.5) is 0 Å². The Morgan fingerprint density at radius 3 is 2.12 bits per heavy atom. The Morgan fingerprint density at radius 1 is 0.882 bits per heavy atom. The highest BCUT2D eigenvalue weighted by molar-refractivity contribution is 5.79. The fraction of sp³-hybridized carbons (Fsp3) is 0.929. The van der Waals surface area contributed by atoms with Crippen LogP contribution in [0, 0.1) is 5.92 Å². The molecule has 0 bridgehead atoms. The molecular weight excluding hydrogens is 212 g/mol. The van der Waals surface area contributed by atoms with Crippen LogP contribution in [0.25, 0.3) is 0 Å². The third kappa shape index (κ3) is 4.30. The van der Waals surface area contributed by atoms with Gasteiger partial charge >= 0.3 is 0 Å². The molecule has 2 aliphatic rings. The summed E-state index contributed by atoms with van der Waals surface area (Å²) in [6.07, 6.45) is 11.1. The van der Waals surface area contributed by atoms with Crippen molar-refractivity contribution in [3.05, 3.63) is 0 Å². The molecule has 3 nitrogen and oxygen atoms in total. The van der Waals surface area contributed by atoms with Gasteiger partial charge in [0, 0.05) is 12.0 Å². The maximum absolute atomic E-state index is 12.1. The Morgan fingerprint density at radius 2 is 1.47 bits per heavy atom. The lowest BCUT2D eigenvalue weighted by Crippen LogP contribution is -2.42. The summed E-state index contributed by atoms with van der Waals surface area (Å²) in [4.78, 5) is 12.1. The molecule has 2 N–H and O–H groups in total. The molecule has 1 amide bonds. The van der Waals surface area contributed by atoms with Crippen molar-refractivity contribution >= 4 is 5.91 Å². The van der Waals surface area contributed by atoms with Gasteiger partial charge in [0.1, 0.15) is 0 Å². The van der Waals surface area contributed by atoms with E-state index in [0.29, 0.717) is 11.9 Å².